The number of halogens is 1. The number of amides is 1. The summed E-state index contributed by atoms with van der Waals surface area (Å²) in [6, 6.07) is 15.9. The van der Waals surface area contributed by atoms with Crippen molar-refractivity contribution in [1.29, 1.82) is 0 Å². The minimum absolute atomic E-state index is 0.0190. The van der Waals surface area contributed by atoms with Gasteiger partial charge in [-0.1, -0.05) is 35.9 Å². The van der Waals surface area contributed by atoms with Crippen molar-refractivity contribution < 1.29 is 4.79 Å². The number of rotatable bonds is 3. The zero-order valence-corrected chi connectivity index (χ0v) is 18.0. The molecule has 0 spiro atoms. The van der Waals surface area contributed by atoms with Crippen molar-refractivity contribution >= 4 is 40.2 Å². The van der Waals surface area contributed by atoms with Crippen LogP contribution in [0.1, 0.15) is 17.5 Å². The van der Waals surface area contributed by atoms with Crippen LogP contribution in [0.3, 0.4) is 0 Å². The highest BCUT2D eigenvalue weighted by Gasteiger charge is 2.20. The van der Waals surface area contributed by atoms with E-state index in [4.69, 9.17) is 11.6 Å². The van der Waals surface area contributed by atoms with Crippen LogP contribution in [0.4, 0.5) is 5.69 Å². The first-order valence-electron chi connectivity index (χ1n) is 10.7. The Morgan fingerprint density at radius 3 is 2.58 bits per heavy atom. The lowest BCUT2D eigenvalue weighted by atomic mass is 10.00. The van der Waals surface area contributed by atoms with Gasteiger partial charge in [-0.25, -0.2) is 0 Å². The third-order valence-corrected chi connectivity index (χ3v) is 6.46. The van der Waals surface area contributed by atoms with Crippen molar-refractivity contribution in [3.63, 3.8) is 0 Å². The molecule has 0 aliphatic carbocycles. The normalized spacial score (nSPS) is 16.3. The van der Waals surface area contributed by atoms with E-state index in [1.54, 1.807) is 6.08 Å². The van der Waals surface area contributed by atoms with Gasteiger partial charge in [0.05, 0.1) is 5.52 Å². The van der Waals surface area contributed by atoms with Gasteiger partial charge < -0.3 is 14.4 Å². The average molecular weight is 434 g/mol. The highest BCUT2D eigenvalue weighted by molar-refractivity contribution is 6.30. The fourth-order valence-electron chi connectivity index (χ4n) is 4.63. The van der Waals surface area contributed by atoms with E-state index in [1.807, 2.05) is 51.9 Å². The van der Waals surface area contributed by atoms with Gasteiger partial charge in [0, 0.05) is 55.1 Å². The maximum Gasteiger partial charge on any atom is 0.258 e. The SMILES string of the molecule is O=C(/C=C/c1cc2cccc3c2n(c1=O)CCC3)N1CCN(c2cccc(Cl)c2)CC1. The molecule has 0 bridgehead atoms. The minimum atomic E-state index is -0.0577. The van der Waals surface area contributed by atoms with Crippen LogP contribution >= 0.6 is 11.6 Å². The molecule has 3 aromatic rings. The lowest BCUT2D eigenvalue weighted by Gasteiger charge is -2.35. The maximum absolute atomic E-state index is 13.0. The van der Waals surface area contributed by atoms with Crippen LogP contribution in [-0.4, -0.2) is 41.6 Å². The molecule has 1 fully saturated rings. The monoisotopic (exact) mass is 433 g/mol. The molecular weight excluding hydrogens is 410 g/mol. The minimum Gasteiger partial charge on any atom is -0.368 e. The number of carbonyl (C=O) groups is 1. The smallest absolute Gasteiger partial charge is 0.258 e. The van der Waals surface area contributed by atoms with E-state index in [-0.39, 0.29) is 11.5 Å². The molecule has 3 heterocycles. The van der Waals surface area contributed by atoms with Crippen LogP contribution in [0.15, 0.2) is 59.4 Å². The number of carbonyl (C=O) groups excluding carboxylic acids is 1. The number of aromatic nitrogens is 1. The number of hydrogen-bond acceptors (Lipinski definition) is 3. The van der Waals surface area contributed by atoms with E-state index in [9.17, 15) is 9.59 Å². The largest absolute Gasteiger partial charge is 0.368 e. The highest BCUT2D eigenvalue weighted by atomic mass is 35.5. The van der Waals surface area contributed by atoms with E-state index < -0.39 is 0 Å². The number of hydrogen-bond donors (Lipinski definition) is 0. The van der Waals surface area contributed by atoms with Gasteiger partial charge in [0.15, 0.2) is 0 Å². The maximum atomic E-state index is 13.0. The van der Waals surface area contributed by atoms with Gasteiger partial charge in [-0.2, -0.15) is 0 Å². The summed E-state index contributed by atoms with van der Waals surface area (Å²) in [5.74, 6) is -0.0577. The highest BCUT2D eigenvalue weighted by Crippen LogP contribution is 2.24. The number of aryl methyl sites for hydroxylation is 2. The van der Waals surface area contributed by atoms with Crippen molar-refractivity contribution in [2.45, 2.75) is 19.4 Å². The molecule has 1 amide bonds. The van der Waals surface area contributed by atoms with Gasteiger partial charge in [0.2, 0.25) is 5.91 Å². The van der Waals surface area contributed by atoms with Gasteiger partial charge in [-0.15, -0.1) is 0 Å². The number of pyridine rings is 1. The number of benzene rings is 2. The third-order valence-electron chi connectivity index (χ3n) is 6.22. The fourth-order valence-corrected chi connectivity index (χ4v) is 4.81. The van der Waals surface area contributed by atoms with Gasteiger partial charge in [-0.3, -0.25) is 9.59 Å². The Morgan fingerprint density at radius 2 is 1.77 bits per heavy atom. The Kier molecular flexibility index (Phi) is 5.28. The molecule has 0 saturated carbocycles. The predicted octanol–water partition coefficient (Wildman–Crippen LogP) is 3.96. The Hall–Kier alpha value is -3.05. The summed E-state index contributed by atoms with van der Waals surface area (Å²) in [4.78, 5) is 29.8. The summed E-state index contributed by atoms with van der Waals surface area (Å²) in [6.45, 7) is 3.52. The van der Waals surface area contributed by atoms with Crippen LogP contribution < -0.4 is 10.5 Å². The molecule has 0 N–H and O–H groups in total. The van der Waals surface area contributed by atoms with Crippen molar-refractivity contribution in [3.8, 4) is 0 Å². The summed E-state index contributed by atoms with van der Waals surface area (Å²) in [5.41, 5.74) is 3.89. The van der Waals surface area contributed by atoms with E-state index in [2.05, 4.69) is 11.0 Å². The second-order valence-corrected chi connectivity index (χ2v) is 8.58. The average Bonchev–Trinajstić information content (AvgIpc) is 2.80. The molecule has 2 aliphatic rings. The molecular formula is C25H24ClN3O2. The molecule has 6 heteroatoms. The number of anilines is 1. The molecule has 1 aromatic heterocycles. The van der Waals surface area contributed by atoms with Crippen LogP contribution in [0.25, 0.3) is 17.0 Å². The van der Waals surface area contributed by atoms with Gasteiger partial charge in [-0.05, 0) is 54.1 Å². The van der Waals surface area contributed by atoms with Gasteiger partial charge >= 0.3 is 0 Å². The Bertz CT molecular complexity index is 1240. The molecule has 158 valence electrons. The number of nitrogens with zero attached hydrogens (tertiary/aromatic N) is 3. The molecule has 1 saturated heterocycles. The van der Waals surface area contributed by atoms with E-state index in [0.717, 1.165) is 49.1 Å². The molecule has 5 nitrogen and oxygen atoms in total. The topological polar surface area (TPSA) is 45.6 Å². The van der Waals surface area contributed by atoms with Gasteiger partial charge in [0.25, 0.3) is 5.56 Å². The summed E-state index contributed by atoms with van der Waals surface area (Å²) in [6.07, 6.45) is 5.19. The zero-order chi connectivity index (χ0) is 21.4. The summed E-state index contributed by atoms with van der Waals surface area (Å²) in [7, 11) is 0. The summed E-state index contributed by atoms with van der Waals surface area (Å²) >= 11 is 6.10. The number of para-hydroxylation sites is 1. The van der Waals surface area contributed by atoms with Crippen molar-refractivity contribution in [3.05, 3.63) is 81.1 Å². The fraction of sp³-hybridized carbons (Fsp3) is 0.280. The van der Waals surface area contributed by atoms with Crippen LogP contribution in [0.2, 0.25) is 5.02 Å². The first-order chi connectivity index (χ1) is 15.1. The zero-order valence-electron chi connectivity index (χ0n) is 17.3. The number of piperazine rings is 1. The molecule has 2 aromatic carbocycles. The van der Waals surface area contributed by atoms with Crippen molar-refractivity contribution in [1.82, 2.24) is 9.47 Å². The lowest BCUT2D eigenvalue weighted by Crippen LogP contribution is -2.48. The van der Waals surface area contributed by atoms with Crippen LogP contribution in [-0.2, 0) is 17.8 Å². The first-order valence-corrected chi connectivity index (χ1v) is 11.1. The predicted molar refractivity (Wildman–Crippen MR) is 126 cm³/mol. The molecule has 31 heavy (non-hydrogen) atoms. The molecule has 0 unspecified atom stereocenters. The molecule has 2 aliphatic heterocycles. The summed E-state index contributed by atoms with van der Waals surface area (Å²) in [5, 5.41) is 1.77. The van der Waals surface area contributed by atoms with Gasteiger partial charge in [0.1, 0.15) is 0 Å². The second-order valence-electron chi connectivity index (χ2n) is 8.14. The Balaban J connectivity index is 1.31. The third kappa shape index (κ3) is 3.86. The van der Waals surface area contributed by atoms with Crippen molar-refractivity contribution in [2.24, 2.45) is 0 Å². The van der Waals surface area contributed by atoms with E-state index >= 15 is 0 Å². The first kappa shape index (κ1) is 19.9. The lowest BCUT2D eigenvalue weighted by molar-refractivity contribution is -0.126. The van der Waals surface area contributed by atoms with E-state index in [0.29, 0.717) is 23.7 Å². The van der Waals surface area contributed by atoms with Crippen LogP contribution in [0.5, 0.6) is 0 Å². The Morgan fingerprint density at radius 1 is 0.968 bits per heavy atom. The second kappa shape index (κ2) is 8.23. The molecule has 5 rings (SSSR count). The quantitative estimate of drug-likeness (QED) is 0.587. The summed E-state index contributed by atoms with van der Waals surface area (Å²) < 4.78 is 1.86. The molecule has 0 atom stereocenters. The van der Waals surface area contributed by atoms with E-state index in [1.165, 1.54) is 11.6 Å². The Labute approximate surface area is 186 Å². The van der Waals surface area contributed by atoms with Crippen LogP contribution in [0, 0.1) is 0 Å². The van der Waals surface area contributed by atoms with Crippen molar-refractivity contribution in [2.75, 3.05) is 31.1 Å². The molecule has 0 radical (unpaired) electrons. The standard InChI is InChI=1S/C25H24ClN3O2/c26-21-7-2-8-22(17-21)27-12-14-28(15-13-27)23(30)10-9-20-16-19-5-1-4-18-6-3-11-29(24(18)19)25(20)31/h1-2,4-5,7-10,16-17H,3,6,11-15H2/b10-9+.